The van der Waals surface area contributed by atoms with E-state index in [1.54, 1.807) is 6.07 Å². The van der Waals surface area contributed by atoms with Crippen LogP contribution >= 0.6 is 24.0 Å². The van der Waals surface area contributed by atoms with Gasteiger partial charge < -0.3 is 5.73 Å². The van der Waals surface area contributed by atoms with Crippen LogP contribution in [-0.4, -0.2) is 4.98 Å². The van der Waals surface area contributed by atoms with E-state index in [9.17, 15) is 4.39 Å². The molecule has 1 aromatic heterocycles. The highest BCUT2D eigenvalue weighted by atomic mass is 32.1. The number of nitrogens with two attached hydrogens (primary N) is 1. The van der Waals surface area contributed by atoms with Crippen molar-refractivity contribution in [3.05, 3.63) is 17.9 Å². The third-order valence-electron chi connectivity index (χ3n) is 1.49. The molecule has 2 nitrogen and oxygen atoms in total. The van der Waals surface area contributed by atoms with E-state index >= 15 is 0 Å². The van der Waals surface area contributed by atoms with Gasteiger partial charge in [0.15, 0.2) is 5.13 Å². The van der Waals surface area contributed by atoms with Crippen LogP contribution in [0.5, 0.6) is 0 Å². The number of benzene rings is 1. The molecule has 0 bridgehead atoms. The van der Waals surface area contributed by atoms with Crippen LogP contribution in [0.15, 0.2) is 17.0 Å². The minimum Gasteiger partial charge on any atom is -0.375 e. The molecule has 0 spiro atoms. The number of fused-ring (bicyclic) bond motifs is 1. The molecule has 1 aromatic carbocycles. The lowest BCUT2D eigenvalue weighted by Gasteiger charge is -1.92. The molecular formula is C7H5FN2S2. The summed E-state index contributed by atoms with van der Waals surface area (Å²) in [6.45, 7) is 0. The van der Waals surface area contributed by atoms with Crippen LogP contribution in [0.2, 0.25) is 0 Å². The number of halogens is 1. The Hall–Kier alpha value is -0.810. The largest absolute Gasteiger partial charge is 0.375 e. The molecule has 5 heteroatoms. The van der Waals surface area contributed by atoms with E-state index in [-0.39, 0.29) is 5.82 Å². The molecule has 0 amide bonds. The Bertz CT molecular complexity index is 399. The summed E-state index contributed by atoms with van der Waals surface area (Å²) in [7, 11) is 0. The van der Waals surface area contributed by atoms with Gasteiger partial charge in [-0.3, -0.25) is 0 Å². The van der Waals surface area contributed by atoms with Crippen molar-refractivity contribution in [2.75, 3.05) is 5.73 Å². The third kappa shape index (κ3) is 1.05. The predicted octanol–water partition coefficient (Wildman–Crippen LogP) is 2.31. The average Bonchev–Trinajstić information content (AvgIpc) is 2.41. The molecule has 0 fully saturated rings. The summed E-state index contributed by atoms with van der Waals surface area (Å²) in [5.41, 5.74) is 5.98. The van der Waals surface area contributed by atoms with Crippen molar-refractivity contribution in [1.29, 1.82) is 0 Å². The van der Waals surface area contributed by atoms with E-state index < -0.39 is 0 Å². The first-order valence-electron chi connectivity index (χ1n) is 3.22. The summed E-state index contributed by atoms with van der Waals surface area (Å²) in [4.78, 5) is 4.61. The van der Waals surface area contributed by atoms with E-state index in [0.717, 1.165) is 11.3 Å². The van der Waals surface area contributed by atoms with Gasteiger partial charge in [0, 0.05) is 4.90 Å². The first kappa shape index (κ1) is 7.82. The topological polar surface area (TPSA) is 38.9 Å². The zero-order valence-electron chi connectivity index (χ0n) is 5.91. The van der Waals surface area contributed by atoms with Crippen molar-refractivity contribution in [3.63, 3.8) is 0 Å². The van der Waals surface area contributed by atoms with Crippen LogP contribution in [0.3, 0.4) is 0 Å². The van der Waals surface area contributed by atoms with Crippen LogP contribution in [0.4, 0.5) is 9.52 Å². The zero-order valence-corrected chi connectivity index (χ0v) is 7.62. The maximum absolute atomic E-state index is 13.1. The van der Waals surface area contributed by atoms with Gasteiger partial charge in [0.1, 0.15) is 5.82 Å². The number of aromatic nitrogens is 1. The van der Waals surface area contributed by atoms with Crippen LogP contribution in [0.1, 0.15) is 0 Å². The lowest BCUT2D eigenvalue weighted by Crippen LogP contribution is -1.80. The normalized spacial score (nSPS) is 10.8. The average molecular weight is 200 g/mol. The lowest BCUT2D eigenvalue weighted by molar-refractivity contribution is 0.641. The zero-order chi connectivity index (χ0) is 8.72. The summed E-state index contributed by atoms with van der Waals surface area (Å²) < 4.78 is 13.5. The molecule has 0 aliphatic carbocycles. The Morgan fingerprint density at radius 3 is 2.92 bits per heavy atom. The number of hydrogen-bond acceptors (Lipinski definition) is 4. The number of thiol groups is 1. The molecule has 0 saturated carbocycles. The Kier molecular flexibility index (Phi) is 1.69. The fourth-order valence-electron chi connectivity index (χ4n) is 0.979. The van der Waals surface area contributed by atoms with Crippen molar-refractivity contribution in [3.8, 4) is 0 Å². The van der Waals surface area contributed by atoms with Crippen LogP contribution in [0, 0.1) is 5.82 Å². The monoisotopic (exact) mass is 200 g/mol. The molecule has 12 heavy (non-hydrogen) atoms. The fraction of sp³-hybridized carbons (Fsp3) is 0. The van der Waals surface area contributed by atoms with Crippen molar-refractivity contribution >= 4 is 39.3 Å². The van der Waals surface area contributed by atoms with Gasteiger partial charge >= 0.3 is 0 Å². The fourth-order valence-corrected chi connectivity index (χ4v) is 2.05. The van der Waals surface area contributed by atoms with Gasteiger partial charge in [-0.2, -0.15) is 0 Å². The molecule has 2 rings (SSSR count). The summed E-state index contributed by atoms with van der Waals surface area (Å²) in [5.74, 6) is -0.294. The van der Waals surface area contributed by atoms with Crippen molar-refractivity contribution < 1.29 is 4.39 Å². The summed E-state index contributed by atoms with van der Waals surface area (Å²) in [6, 6.07) is 2.93. The van der Waals surface area contributed by atoms with Crippen molar-refractivity contribution in [2.45, 2.75) is 4.90 Å². The van der Waals surface area contributed by atoms with Gasteiger partial charge in [-0.1, -0.05) is 11.3 Å². The van der Waals surface area contributed by atoms with Gasteiger partial charge in [-0.25, -0.2) is 9.37 Å². The second kappa shape index (κ2) is 2.60. The maximum atomic E-state index is 13.1. The Morgan fingerprint density at radius 2 is 2.25 bits per heavy atom. The number of thiazole rings is 1. The lowest BCUT2D eigenvalue weighted by atomic mass is 10.3. The molecule has 0 unspecified atom stereocenters. The molecule has 0 aliphatic rings. The van der Waals surface area contributed by atoms with Crippen molar-refractivity contribution in [2.24, 2.45) is 0 Å². The van der Waals surface area contributed by atoms with E-state index in [4.69, 9.17) is 5.73 Å². The Labute approximate surface area is 77.6 Å². The highest BCUT2D eigenvalue weighted by molar-refractivity contribution is 7.80. The van der Waals surface area contributed by atoms with Crippen LogP contribution < -0.4 is 5.73 Å². The first-order valence-corrected chi connectivity index (χ1v) is 4.48. The second-order valence-electron chi connectivity index (χ2n) is 2.30. The highest BCUT2D eigenvalue weighted by Crippen LogP contribution is 2.30. The number of nitrogens with zero attached hydrogens (tertiary/aromatic N) is 1. The maximum Gasteiger partial charge on any atom is 0.181 e. The van der Waals surface area contributed by atoms with E-state index in [0.29, 0.717) is 20.2 Å². The molecule has 62 valence electrons. The third-order valence-corrected chi connectivity index (χ3v) is 2.74. The molecule has 0 aliphatic heterocycles. The standard InChI is InChI=1S/C7H5FN2S2/c8-3-1-2-4(11)5-6(3)12-7(9)10-5/h1-2,11H,(H2,9,10). The van der Waals surface area contributed by atoms with Gasteiger partial charge in [0.05, 0.1) is 10.2 Å². The second-order valence-corrected chi connectivity index (χ2v) is 3.81. The molecule has 0 saturated heterocycles. The number of anilines is 1. The Morgan fingerprint density at radius 1 is 1.50 bits per heavy atom. The Balaban J connectivity index is 2.93. The molecule has 2 N–H and O–H groups in total. The summed E-state index contributed by atoms with van der Waals surface area (Å²) in [5, 5.41) is 0.366. The quantitative estimate of drug-likeness (QED) is 0.640. The number of nitrogen functional groups attached to an aromatic ring is 1. The minimum absolute atomic E-state index is 0.294. The van der Waals surface area contributed by atoms with Gasteiger partial charge in [0.25, 0.3) is 0 Å². The molecular weight excluding hydrogens is 195 g/mol. The van der Waals surface area contributed by atoms with Gasteiger partial charge in [0.2, 0.25) is 0 Å². The van der Waals surface area contributed by atoms with Crippen LogP contribution in [-0.2, 0) is 0 Å². The number of rotatable bonds is 0. The molecule has 0 atom stereocenters. The summed E-state index contributed by atoms with van der Waals surface area (Å²) in [6.07, 6.45) is 0. The van der Waals surface area contributed by atoms with E-state index in [1.165, 1.54) is 6.07 Å². The van der Waals surface area contributed by atoms with E-state index in [2.05, 4.69) is 17.6 Å². The first-order chi connectivity index (χ1) is 5.68. The van der Waals surface area contributed by atoms with Gasteiger partial charge in [-0.15, -0.1) is 12.6 Å². The minimum atomic E-state index is -0.294. The van der Waals surface area contributed by atoms with Gasteiger partial charge in [-0.05, 0) is 12.1 Å². The van der Waals surface area contributed by atoms with Crippen molar-refractivity contribution in [1.82, 2.24) is 4.98 Å². The van der Waals surface area contributed by atoms with E-state index in [1.807, 2.05) is 0 Å². The highest BCUT2D eigenvalue weighted by Gasteiger charge is 2.08. The SMILES string of the molecule is Nc1nc2c(S)ccc(F)c2s1. The molecule has 1 heterocycles. The predicted molar refractivity (Wildman–Crippen MR) is 51.2 cm³/mol. The molecule has 2 aromatic rings. The van der Waals surface area contributed by atoms with Crippen LogP contribution in [0.25, 0.3) is 10.2 Å². The number of hydrogen-bond donors (Lipinski definition) is 2. The molecule has 0 radical (unpaired) electrons. The summed E-state index contributed by atoms with van der Waals surface area (Å²) >= 11 is 5.27. The smallest absolute Gasteiger partial charge is 0.181 e.